The zero-order valence-electron chi connectivity index (χ0n) is 24.1. The molecule has 2 saturated heterocycles. The van der Waals surface area contributed by atoms with Crippen LogP contribution in [0.25, 0.3) is 6.08 Å². The van der Waals surface area contributed by atoms with Gasteiger partial charge in [0.2, 0.25) is 6.10 Å². The molecule has 2 fully saturated rings. The summed E-state index contributed by atoms with van der Waals surface area (Å²) in [5.41, 5.74) is 0.849. The summed E-state index contributed by atoms with van der Waals surface area (Å²) in [7, 11) is 0. The zero-order valence-corrected chi connectivity index (χ0v) is 24.1. The molecule has 43 heavy (non-hydrogen) atoms. The SMILES string of the molecule is CC(=O)OCC1OC(N2C(=O)[C@@H](Oc3ccccc3)[C@H]2C=Cc2ccccc2)C(OC(C)=O)C(OC(C)=O)C1OC(C)=O. The van der Waals surface area contributed by atoms with E-state index < -0.39 is 79.2 Å². The third-order valence-corrected chi connectivity index (χ3v) is 6.66. The molecule has 2 aliphatic heterocycles. The molecule has 2 aliphatic rings. The highest BCUT2D eigenvalue weighted by Gasteiger charge is 2.60. The maximum atomic E-state index is 13.7. The largest absolute Gasteiger partial charge is 0.478 e. The van der Waals surface area contributed by atoms with E-state index in [1.165, 1.54) is 11.8 Å². The predicted molar refractivity (Wildman–Crippen MR) is 149 cm³/mol. The standard InChI is InChI=1S/C31H33NO11/c1-18(33)38-17-25-27(39-19(2)34)28(40-20(3)35)29(41-21(4)36)31(43-25)32-24(16-15-22-11-7-5-8-12-22)26(30(32)37)42-23-13-9-6-10-14-23/h5-16,24-29,31H,17H2,1-4H3/t24-,25?,26+,27?,28?,29?,31?/m1/s1. The van der Waals surface area contributed by atoms with Crippen LogP contribution in [0.15, 0.2) is 66.7 Å². The van der Waals surface area contributed by atoms with Crippen LogP contribution in [0.5, 0.6) is 5.75 Å². The fraction of sp³-hybridized carbons (Fsp3) is 0.387. The number of carbonyl (C=O) groups excluding carboxylic acids is 5. The van der Waals surface area contributed by atoms with Crippen LogP contribution in [0.2, 0.25) is 0 Å². The van der Waals surface area contributed by atoms with Gasteiger partial charge in [0.05, 0.1) is 6.04 Å². The van der Waals surface area contributed by atoms with E-state index in [4.69, 9.17) is 28.4 Å². The molecular weight excluding hydrogens is 562 g/mol. The van der Waals surface area contributed by atoms with Crippen molar-refractivity contribution in [2.75, 3.05) is 6.61 Å². The maximum absolute atomic E-state index is 13.7. The Hall–Kier alpha value is -4.71. The molecule has 7 atom stereocenters. The average Bonchev–Trinajstić information content (AvgIpc) is 2.96. The highest BCUT2D eigenvalue weighted by atomic mass is 16.7. The minimum atomic E-state index is -1.42. The number of carbonyl (C=O) groups is 5. The molecule has 0 aliphatic carbocycles. The summed E-state index contributed by atoms with van der Waals surface area (Å²) < 4.78 is 34.0. The van der Waals surface area contributed by atoms with E-state index in [1.807, 2.05) is 36.4 Å². The summed E-state index contributed by atoms with van der Waals surface area (Å²) in [6.07, 6.45) is -4.15. The molecule has 4 rings (SSSR count). The van der Waals surface area contributed by atoms with Gasteiger partial charge in [0.25, 0.3) is 5.91 Å². The topological polar surface area (TPSA) is 144 Å². The first-order valence-electron chi connectivity index (χ1n) is 13.6. The average molecular weight is 596 g/mol. The number of para-hydroxylation sites is 1. The van der Waals surface area contributed by atoms with Gasteiger partial charge in [0.15, 0.2) is 24.5 Å². The molecule has 0 bridgehead atoms. The lowest BCUT2D eigenvalue weighted by Crippen LogP contribution is -2.76. The molecule has 2 aromatic rings. The molecule has 0 radical (unpaired) electrons. The van der Waals surface area contributed by atoms with Crippen molar-refractivity contribution in [2.45, 2.75) is 70.5 Å². The first-order valence-corrected chi connectivity index (χ1v) is 13.6. The summed E-state index contributed by atoms with van der Waals surface area (Å²) in [4.78, 5) is 63.3. The van der Waals surface area contributed by atoms with Crippen LogP contribution in [-0.2, 0) is 47.7 Å². The van der Waals surface area contributed by atoms with Crippen LogP contribution in [0.3, 0.4) is 0 Å². The predicted octanol–water partition coefficient (Wildman–Crippen LogP) is 2.44. The molecule has 0 N–H and O–H groups in total. The Balaban J connectivity index is 1.75. The van der Waals surface area contributed by atoms with Crippen molar-refractivity contribution in [1.29, 1.82) is 0 Å². The molecule has 228 valence electrons. The van der Waals surface area contributed by atoms with E-state index >= 15 is 0 Å². The minimum Gasteiger partial charge on any atom is -0.478 e. The monoisotopic (exact) mass is 595 g/mol. The lowest BCUT2D eigenvalue weighted by Gasteiger charge is -2.54. The summed E-state index contributed by atoms with van der Waals surface area (Å²) in [6, 6.07) is 17.4. The molecule has 2 heterocycles. The number of β-lactam (4-membered cyclic amide) rings is 1. The Morgan fingerprint density at radius 1 is 0.767 bits per heavy atom. The van der Waals surface area contributed by atoms with Crippen LogP contribution in [0, 0.1) is 0 Å². The lowest BCUT2D eigenvalue weighted by atomic mass is 9.90. The number of hydrogen-bond donors (Lipinski definition) is 0. The van der Waals surface area contributed by atoms with E-state index in [2.05, 4.69) is 0 Å². The third kappa shape index (κ3) is 7.77. The lowest BCUT2D eigenvalue weighted by molar-refractivity contribution is -0.287. The summed E-state index contributed by atoms with van der Waals surface area (Å²) in [5.74, 6) is -2.98. The second-order valence-corrected chi connectivity index (χ2v) is 9.95. The number of hydrogen-bond acceptors (Lipinski definition) is 11. The van der Waals surface area contributed by atoms with E-state index in [1.54, 1.807) is 36.4 Å². The Morgan fingerprint density at radius 3 is 1.91 bits per heavy atom. The Kier molecular flexibility index (Phi) is 10.1. The summed E-state index contributed by atoms with van der Waals surface area (Å²) in [5, 5.41) is 0. The van der Waals surface area contributed by atoms with Gasteiger partial charge in [-0.2, -0.15) is 0 Å². The fourth-order valence-electron chi connectivity index (χ4n) is 4.96. The van der Waals surface area contributed by atoms with Gasteiger partial charge in [0, 0.05) is 27.7 Å². The third-order valence-electron chi connectivity index (χ3n) is 6.66. The first kappa shape index (κ1) is 31.2. The quantitative estimate of drug-likeness (QED) is 0.227. The van der Waals surface area contributed by atoms with Gasteiger partial charge in [0.1, 0.15) is 18.5 Å². The number of esters is 4. The summed E-state index contributed by atoms with van der Waals surface area (Å²) >= 11 is 0. The Bertz CT molecular complexity index is 1350. The normalized spacial score (nSPS) is 26.7. The molecule has 0 spiro atoms. The van der Waals surface area contributed by atoms with Crippen molar-refractivity contribution < 1.29 is 52.4 Å². The van der Waals surface area contributed by atoms with Crippen LogP contribution in [-0.4, -0.2) is 84.1 Å². The number of likely N-dealkylation sites (tertiary alicyclic amines) is 1. The van der Waals surface area contributed by atoms with E-state index in [0.717, 1.165) is 26.3 Å². The van der Waals surface area contributed by atoms with Gasteiger partial charge >= 0.3 is 23.9 Å². The van der Waals surface area contributed by atoms with Crippen molar-refractivity contribution >= 4 is 35.9 Å². The smallest absolute Gasteiger partial charge is 0.303 e. The highest BCUT2D eigenvalue weighted by Crippen LogP contribution is 2.37. The summed E-state index contributed by atoms with van der Waals surface area (Å²) in [6.45, 7) is 4.17. The van der Waals surface area contributed by atoms with Crippen LogP contribution in [0.1, 0.15) is 33.3 Å². The van der Waals surface area contributed by atoms with Gasteiger partial charge in [-0.1, -0.05) is 60.7 Å². The molecule has 5 unspecified atom stereocenters. The highest BCUT2D eigenvalue weighted by molar-refractivity contribution is 5.90. The van der Waals surface area contributed by atoms with Crippen molar-refractivity contribution in [3.05, 3.63) is 72.3 Å². The van der Waals surface area contributed by atoms with E-state index in [9.17, 15) is 24.0 Å². The number of nitrogens with zero attached hydrogens (tertiary/aromatic N) is 1. The van der Waals surface area contributed by atoms with Crippen LogP contribution < -0.4 is 4.74 Å². The van der Waals surface area contributed by atoms with E-state index in [0.29, 0.717) is 5.75 Å². The molecule has 12 heteroatoms. The van der Waals surface area contributed by atoms with Crippen molar-refractivity contribution in [1.82, 2.24) is 4.90 Å². The van der Waals surface area contributed by atoms with Gasteiger partial charge in [-0.25, -0.2) is 0 Å². The second kappa shape index (κ2) is 14.0. The molecule has 0 aromatic heterocycles. The maximum Gasteiger partial charge on any atom is 0.303 e. The molecule has 1 amide bonds. The van der Waals surface area contributed by atoms with Crippen LogP contribution in [0.4, 0.5) is 0 Å². The number of amides is 1. The fourth-order valence-corrected chi connectivity index (χ4v) is 4.96. The zero-order chi connectivity index (χ0) is 31.1. The number of rotatable bonds is 10. The molecular formula is C31H33NO11. The Labute approximate surface area is 248 Å². The molecule has 2 aromatic carbocycles. The van der Waals surface area contributed by atoms with Crippen molar-refractivity contribution in [2.24, 2.45) is 0 Å². The molecule has 0 saturated carbocycles. The van der Waals surface area contributed by atoms with Gasteiger partial charge in [-0.05, 0) is 17.7 Å². The van der Waals surface area contributed by atoms with Gasteiger partial charge in [-0.3, -0.25) is 28.9 Å². The van der Waals surface area contributed by atoms with Gasteiger partial charge in [-0.15, -0.1) is 0 Å². The minimum absolute atomic E-state index is 0.412. The van der Waals surface area contributed by atoms with Gasteiger partial charge < -0.3 is 28.4 Å². The Morgan fingerprint density at radius 2 is 1.33 bits per heavy atom. The van der Waals surface area contributed by atoms with Crippen molar-refractivity contribution in [3.8, 4) is 5.75 Å². The molecule has 12 nitrogen and oxygen atoms in total. The van der Waals surface area contributed by atoms with Crippen LogP contribution >= 0.6 is 0 Å². The van der Waals surface area contributed by atoms with Crippen molar-refractivity contribution in [3.63, 3.8) is 0 Å². The number of benzene rings is 2. The van der Waals surface area contributed by atoms with E-state index in [-0.39, 0.29) is 0 Å². The second-order valence-electron chi connectivity index (χ2n) is 9.95. The first-order chi connectivity index (χ1) is 20.5. The number of ether oxygens (including phenoxy) is 6.